The Morgan fingerprint density at radius 3 is 2.84 bits per heavy atom. The van der Waals surface area contributed by atoms with Crippen LogP contribution in [0.2, 0.25) is 0 Å². The standard InChI is InChI=1S/C17H20N6O2/c24-16-9-8-15(22-12-18-11-19-22)20-21(16)10-17(25)23(14-6-7-14)13-4-2-1-3-5-13/h4,8-9,11-12,14H,1-3,5-7,10H2. The fourth-order valence-corrected chi connectivity index (χ4v) is 3.18. The Balaban J connectivity index is 1.58. The van der Waals surface area contributed by atoms with Crippen LogP contribution in [0.5, 0.6) is 0 Å². The van der Waals surface area contributed by atoms with Gasteiger partial charge in [0.1, 0.15) is 19.2 Å². The Morgan fingerprint density at radius 1 is 1.28 bits per heavy atom. The maximum atomic E-state index is 12.9. The van der Waals surface area contributed by atoms with Crippen LogP contribution < -0.4 is 5.56 Å². The minimum absolute atomic E-state index is 0.0603. The summed E-state index contributed by atoms with van der Waals surface area (Å²) in [6, 6.07) is 3.25. The van der Waals surface area contributed by atoms with Gasteiger partial charge in [-0.15, -0.1) is 5.10 Å². The van der Waals surface area contributed by atoms with Crippen molar-refractivity contribution in [1.29, 1.82) is 0 Å². The summed E-state index contributed by atoms with van der Waals surface area (Å²) >= 11 is 0. The van der Waals surface area contributed by atoms with Crippen molar-refractivity contribution in [3.63, 3.8) is 0 Å². The van der Waals surface area contributed by atoms with Crippen LogP contribution in [0.25, 0.3) is 5.82 Å². The van der Waals surface area contributed by atoms with E-state index >= 15 is 0 Å². The Labute approximate surface area is 144 Å². The maximum Gasteiger partial charge on any atom is 0.267 e. The Kier molecular flexibility index (Phi) is 4.17. The van der Waals surface area contributed by atoms with Crippen LogP contribution in [0.3, 0.4) is 0 Å². The zero-order valence-electron chi connectivity index (χ0n) is 13.9. The van der Waals surface area contributed by atoms with Crippen molar-refractivity contribution in [2.45, 2.75) is 51.1 Å². The van der Waals surface area contributed by atoms with Gasteiger partial charge in [0.25, 0.3) is 5.56 Å². The molecule has 130 valence electrons. The summed E-state index contributed by atoms with van der Waals surface area (Å²) in [6.45, 7) is -0.0603. The van der Waals surface area contributed by atoms with E-state index in [1.54, 1.807) is 6.07 Å². The van der Waals surface area contributed by atoms with Crippen molar-refractivity contribution in [1.82, 2.24) is 29.4 Å². The number of carbonyl (C=O) groups is 1. The average Bonchev–Trinajstić information content (AvgIpc) is 3.30. The number of rotatable bonds is 5. The summed E-state index contributed by atoms with van der Waals surface area (Å²) in [5.41, 5.74) is 0.810. The highest BCUT2D eigenvalue weighted by atomic mass is 16.2. The highest BCUT2D eigenvalue weighted by molar-refractivity contribution is 5.78. The Morgan fingerprint density at radius 2 is 2.16 bits per heavy atom. The molecule has 1 saturated carbocycles. The van der Waals surface area contributed by atoms with Crippen LogP contribution in [0.4, 0.5) is 0 Å². The molecular weight excluding hydrogens is 320 g/mol. The molecule has 0 bridgehead atoms. The van der Waals surface area contributed by atoms with Crippen molar-refractivity contribution < 1.29 is 4.79 Å². The molecule has 0 N–H and O–H groups in total. The fourth-order valence-electron chi connectivity index (χ4n) is 3.18. The van der Waals surface area contributed by atoms with Crippen LogP contribution >= 0.6 is 0 Å². The second-order valence-corrected chi connectivity index (χ2v) is 6.46. The van der Waals surface area contributed by atoms with Crippen molar-refractivity contribution >= 4 is 5.91 Å². The third-order valence-electron chi connectivity index (χ3n) is 4.55. The summed E-state index contributed by atoms with van der Waals surface area (Å²) in [5, 5.41) is 8.27. The molecule has 0 atom stereocenters. The van der Waals surface area contributed by atoms with E-state index in [9.17, 15) is 9.59 Å². The predicted molar refractivity (Wildman–Crippen MR) is 89.8 cm³/mol. The molecular formula is C17H20N6O2. The zero-order valence-corrected chi connectivity index (χ0v) is 13.9. The summed E-state index contributed by atoms with van der Waals surface area (Å²) < 4.78 is 2.67. The third kappa shape index (κ3) is 3.38. The number of hydrogen-bond acceptors (Lipinski definition) is 5. The second-order valence-electron chi connectivity index (χ2n) is 6.46. The van der Waals surface area contributed by atoms with E-state index in [1.807, 2.05) is 4.90 Å². The first kappa shape index (κ1) is 15.7. The van der Waals surface area contributed by atoms with E-state index in [2.05, 4.69) is 21.3 Å². The first-order valence-electron chi connectivity index (χ1n) is 8.66. The van der Waals surface area contributed by atoms with Crippen molar-refractivity contribution in [2.75, 3.05) is 0 Å². The van der Waals surface area contributed by atoms with Crippen molar-refractivity contribution in [3.05, 3.63) is 46.9 Å². The minimum Gasteiger partial charge on any atom is -0.312 e. The van der Waals surface area contributed by atoms with Crippen LogP contribution in [-0.2, 0) is 11.3 Å². The molecule has 2 aromatic heterocycles. The largest absolute Gasteiger partial charge is 0.312 e. The SMILES string of the molecule is O=C(Cn1nc(-n2cncn2)ccc1=O)N(C1=CCCCC1)C1CC1. The van der Waals surface area contributed by atoms with Gasteiger partial charge >= 0.3 is 0 Å². The molecule has 1 amide bonds. The predicted octanol–water partition coefficient (Wildman–Crippen LogP) is 1.27. The third-order valence-corrected chi connectivity index (χ3v) is 4.55. The summed E-state index contributed by atoms with van der Waals surface area (Å²) in [5.74, 6) is 0.390. The van der Waals surface area contributed by atoms with Crippen LogP contribution in [0, 0.1) is 0 Å². The molecule has 2 aliphatic rings. The number of allylic oxidation sites excluding steroid dienone is 2. The first-order chi connectivity index (χ1) is 12.2. The van der Waals surface area contributed by atoms with Gasteiger partial charge in [-0.1, -0.05) is 6.08 Å². The van der Waals surface area contributed by atoms with Gasteiger partial charge in [0.2, 0.25) is 5.91 Å². The average molecular weight is 340 g/mol. The highest BCUT2D eigenvalue weighted by Gasteiger charge is 2.35. The zero-order chi connectivity index (χ0) is 17.2. The molecule has 1 fully saturated rings. The number of amides is 1. The van der Waals surface area contributed by atoms with Crippen LogP contribution in [0.15, 0.2) is 41.4 Å². The lowest BCUT2D eigenvalue weighted by Gasteiger charge is -2.27. The van der Waals surface area contributed by atoms with Gasteiger partial charge in [0, 0.05) is 17.8 Å². The van der Waals surface area contributed by atoms with E-state index in [0.717, 1.165) is 37.8 Å². The minimum atomic E-state index is -0.300. The molecule has 0 saturated heterocycles. The molecule has 8 nitrogen and oxygen atoms in total. The summed E-state index contributed by atoms with van der Waals surface area (Å²) in [6.07, 6.45) is 11.4. The molecule has 0 aliphatic heterocycles. The molecule has 0 unspecified atom stereocenters. The van der Waals surface area contributed by atoms with Gasteiger partial charge in [-0.05, 0) is 44.6 Å². The lowest BCUT2D eigenvalue weighted by Crippen LogP contribution is -2.38. The lowest BCUT2D eigenvalue weighted by atomic mass is 10.0. The second kappa shape index (κ2) is 6.62. The van der Waals surface area contributed by atoms with E-state index in [0.29, 0.717) is 5.82 Å². The number of nitrogens with zero attached hydrogens (tertiary/aromatic N) is 6. The summed E-state index contributed by atoms with van der Waals surface area (Å²) in [7, 11) is 0. The molecule has 2 aliphatic carbocycles. The van der Waals surface area contributed by atoms with Gasteiger partial charge < -0.3 is 4.90 Å². The smallest absolute Gasteiger partial charge is 0.267 e. The molecule has 8 heteroatoms. The summed E-state index contributed by atoms with van der Waals surface area (Å²) in [4.78, 5) is 30.8. The van der Waals surface area contributed by atoms with Crippen LogP contribution in [0.1, 0.15) is 38.5 Å². The molecule has 0 spiro atoms. The maximum absolute atomic E-state index is 12.9. The quantitative estimate of drug-likeness (QED) is 0.818. The van der Waals surface area contributed by atoms with Gasteiger partial charge in [-0.3, -0.25) is 9.59 Å². The van der Waals surface area contributed by atoms with E-state index in [1.165, 1.54) is 34.5 Å². The molecule has 4 rings (SSSR count). The molecule has 25 heavy (non-hydrogen) atoms. The van der Waals surface area contributed by atoms with Gasteiger partial charge in [0.05, 0.1) is 0 Å². The normalized spacial score (nSPS) is 17.2. The fraction of sp³-hybridized carbons (Fsp3) is 0.471. The first-order valence-corrected chi connectivity index (χ1v) is 8.66. The van der Waals surface area contributed by atoms with Crippen molar-refractivity contribution in [3.8, 4) is 5.82 Å². The van der Waals surface area contributed by atoms with E-state index in [-0.39, 0.29) is 24.1 Å². The van der Waals surface area contributed by atoms with Gasteiger partial charge in [-0.2, -0.15) is 5.10 Å². The van der Waals surface area contributed by atoms with Gasteiger partial charge in [-0.25, -0.2) is 14.3 Å². The van der Waals surface area contributed by atoms with Crippen LogP contribution in [-0.4, -0.2) is 41.4 Å². The van der Waals surface area contributed by atoms with Gasteiger partial charge in [0.15, 0.2) is 5.82 Å². The molecule has 2 aromatic rings. The van der Waals surface area contributed by atoms with E-state index < -0.39 is 0 Å². The lowest BCUT2D eigenvalue weighted by molar-refractivity contribution is -0.130. The van der Waals surface area contributed by atoms with E-state index in [4.69, 9.17) is 0 Å². The highest BCUT2D eigenvalue weighted by Crippen LogP contribution is 2.33. The molecule has 0 radical (unpaired) electrons. The topological polar surface area (TPSA) is 85.9 Å². The monoisotopic (exact) mass is 340 g/mol. The van der Waals surface area contributed by atoms with Crippen molar-refractivity contribution in [2.24, 2.45) is 0 Å². The number of carbonyl (C=O) groups excluding carboxylic acids is 1. The number of aromatic nitrogens is 5. The molecule has 2 heterocycles. The Bertz CT molecular complexity index is 850. The Hall–Kier alpha value is -2.77. The molecule has 0 aromatic carbocycles. The number of hydrogen-bond donors (Lipinski definition) is 0.